The smallest absolute Gasteiger partial charge is 0.263 e. The Morgan fingerprint density at radius 3 is 2.85 bits per heavy atom. The number of nitrogens with one attached hydrogen (secondary N) is 1. The van der Waals surface area contributed by atoms with Gasteiger partial charge in [0, 0.05) is 26.1 Å². The molecule has 1 fully saturated rings. The van der Waals surface area contributed by atoms with E-state index in [-0.39, 0.29) is 5.91 Å². The van der Waals surface area contributed by atoms with Gasteiger partial charge < -0.3 is 5.32 Å². The lowest BCUT2D eigenvalue weighted by Gasteiger charge is -2.32. The number of hydrogen-bond donors (Lipinski definition) is 1. The van der Waals surface area contributed by atoms with Gasteiger partial charge in [0.1, 0.15) is 4.88 Å². The Morgan fingerprint density at radius 1 is 1.33 bits per heavy atom. The van der Waals surface area contributed by atoms with Crippen LogP contribution >= 0.6 is 11.3 Å². The van der Waals surface area contributed by atoms with Crippen molar-refractivity contribution in [1.29, 1.82) is 0 Å². The van der Waals surface area contributed by atoms with Gasteiger partial charge in [-0.25, -0.2) is 4.98 Å². The maximum atomic E-state index is 12.6. The summed E-state index contributed by atoms with van der Waals surface area (Å²) in [6, 6.07) is 10.6. The molecule has 3 rings (SSSR count). The maximum Gasteiger partial charge on any atom is 0.263 e. The first-order valence-corrected chi connectivity index (χ1v) is 10.8. The lowest BCUT2D eigenvalue weighted by molar-refractivity contribution is 0.0934. The van der Waals surface area contributed by atoms with Crippen LogP contribution in [0.5, 0.6) is 0 Å². The third-order valence-corrected chi connectivity index (χ3v) is 6.21. The van der Waals surface area contributed by atoms with E-state index in [0.29, 0.717) is 11.8 Å². The van der Waals surface area contributed by atoms with Crippen molar-refractivity contribution in [3.8, 4) is 0 Å². The van der Waals surface area contributed by atoms with Gasteiger partial charge in [0.25, 0.3) is 5.91 Å². The van der Waals surface area contributed by atoms with Gasteiger partial charge in [-0.1, -0.05) is 44.2 Å². The summed E-state index contributed by atoms with van der Waals surface area (Å²) in [5.41, 5.74) is 2.22. The van der Waals surface area contributed by atoms with E-state index in [1.165, 1.54) is 18.4 Å². The highest BCUT2D eigenvalue weighted by molar-refractivity contribution is 7.13. The Kier molecular flexibility index (Phi) is 7.02. The summed E-state index contributed by atoms with van der Waals surface area (Å²) >= 11 is 1.55. The Labute approximate surface area is 167 Å². The number of rotatable bonds is 7. The fraction of sp³-hybridized carbons (Fsp3) is 0.545. The quantitative estimate of drug-likeness (QED) is 0.773. The first-order chi connectivity index (χ1) is 13.0. The molecule has 1 aliphatic rings. The van der Waals surface area contributed by atoms with E-state index in [2.05, 4.69) is 59.4 Å². The number of carbonyl (C=O) groups is 1. The van der Waals surface area contributed by atoms with Crippen LogP contribution < -0.4 is 5.32 Å². The van der Waals surface area contributed by atoms with Crippen LogP contribution in [0.25, 0.3) is 0 Å². The predicted molar refractivity (Wildman–Crippen MR) is 112 cm³/mol. The van der Waals surface area contributed by atoms with Crippen molar-refractivity contribution in [2.45, 2.75) is 46.6 Å². The van der Waals surface area contributed by atoms with Crippen molar-refractivity contribution in [3.63, 3.8) is 0 Å². The maximum absolute atomic E-state index is 12.6. The predicted octanol–water partition coefficient (Wildman–Crippen LogP) is 4.29. The average molecular weight is 386 g/mol. The van der Waals surface area contributed by atoms with Crippen LogP contribution in [0.3, 0.4) is 0 Å². The van der Waals surface area contributed by atoms with Gasteiger partial charge in [0.05, 0.1) is 10.7 Å². The third-order valence-electron chi connectivity index (χ3n) is 5.03. The SMILES string of the molecule is Cc1nc(CC(C)C)sc1C(=O)NCC1CCCN(Cc2ccccc2)C1. The van der Waals surface area contributed by atoms with Gasteiger partial charge in [0.15, 0.2) is 0 Å². The van der Waals surface area contributed by atoms with Crippen molar-refractivity contribution in [2.24, 2.45) is 11.8 Å². The Morgan fingerprint density at radius 2 is 2.11 bits per heavy atom. The van der Waals surface area contributed by atoms with Gasteiger partial charge in [0.2, 0.25) is 0 Å². The molecule has 1 aliphatic heterocycles. The molecule has 1 aromatic heterocycles. The molecule has 146 valence electrons. The van der Waals surface area contributed by atoms with Gasteiger partial charge in [-0.05, 0) is 43.7 Å². The molecule has 1 amide bonds. The number of thiazole rings is 1. The molecule has 2 heterocycles. The van der Waals surface area contributed by atoms with Crippen molar-refractivity contribution >= 4 is 17.2 Å². The lowest BCUT2D eigenvalue weighted by atomic mass is 9.97. The van der Waals surface area contributed by atoms with Gasteiger partial charge in [-0.2, -0.15) is 0 Å². The van der Waals surface area contributed by atoms with Crippen LogP contribution in [0.1, 0.15) is 52.6 Å². The number of nitrogens with zero attached hydrogens (tertiary/aromatic N) is 2. The number of benzene rings is 1. The standard InChI is InChI=1S/C22H31N3OS/c1-16(2)12-20-24-17(3)21(27-20)22(26)23-13-19-10-7-11-25(15-19)14-18-8-5-4-6-9-18/h4-6,8-9,16,19H,7,10-15H2,1-3H3,(H,23,26). The van der Waals surface area contributed by atoms with Gasteiger partial charge in [-0.15, -0.1) is 11.3 Å². The molecule has 1 aromatic carbocycles. The third kappa shape index (κ3) is 5.88. The first kappa shape index (κ1) is 20.0. The molecule has 0 spiro atoms. The van der Waals surface area contributed by atoms with E-state index < -0.39 is 0 Å². The molecule has 27 heavy (non-hydrogen) atoms. The zero-order chi connectivity index (χ0) is 19.2. The number of likely N-dealkylation sites (tertiary alicyclic amines) is 1. The van der Waals surface area contributed by atoms with Gasteiger partial charge >= 0.3 is 0 Å². The minimum atomic E-state index is 0.0418. The molecule has 0 saturated carbocycles. The summed E-state index contributed by atoms with van der Waals surface area (Å²) in [4.78, 5) is 20.5. The molecule has 5 heteroatoms. The Bertz CT molecular complexity index is 741. The second-order valence-corrected chi connectivity index (χ2v) is 9.14. The summed E-state index contributed by atoms with van der Waals surface area (Å²) in [6.07, 6.45) is 3.33. The van der Waals surface area contributed by atoms with Crippen LogP contribution in [-0.2, 0) is 13.0 Å². The highest BCUT2D eigenvalue weighted by atomic mass is 32.1. The normalized spacial score (nSPS) is 18.0. The van der Waals surface area contributed by atoms with Crippen molar-refractivity contribution in [2.75, 3.05) is 19.6 Å². The molecule has 0 radical (unpaired) electrons. The topological polar surface area (TPSA) is 45.2 Å². The minimum absolute atomic E-state index is 0.0418. The second-order valence-electron chi connectivity index (χ2n) is 8.06. The molecule has 1 saturated heterocycles. The lowest BCUT2D eigenvalue weighted by Crippen LogP contribution is -2.40. The summed E-state index contributed by atoms with van der Waals surface area (Å²) in [5.74, 6) is 1.12. The van der Waals surface area contributed by atoms with Crippen LogP contribution in [0.15, 0.2) is 30.3 Å². The average Bonchev–Trinajstić information content (AvgIpc) is 3.00. The van der Waals surface area contributed by atoms with Crippen molar-refractivity contribution < 1.29 is 4.79 Å². The summed E-state index contributed by atoms with van der Waals surface area (Å²) < 4.78 is 0. The number of aryl methyl sites for hydroxylation is 1. The van der Waals surface area contributed by atoms with Crippen LogP contribution in [0.2, 0.25) is 0 Å². The summed E-state index contributed by atoms with van der Waals surface area (Å²) in [6.45, 7) is 10.2. The van der Waals surface area contributed by atoms with E-state index in [1.54, 1.807) is 11.3 Å². The molecule has 4 nitrogen and oxygen atoms in total. The Hall–Kier alpha value is -1.72. The molecular formula is C22H31N3OS. The largest absolute Gasteiger partial charge is 0.351 e. The molecule has 1 unspecified atom stereocenters. The first-order valence-electron chi connectivity index (χ1n) is 10.0. The van der Waals surface area contributed by atoms with Crippen molar-refractivity contribution in [1.82, 2.24) is 15.2 Å². The molecule has 2 aromatic rings. The number of carbonyl (C=O) groups excluding carboxylic acids is 1. The minimum Gasteiger partial charge on any atom is -0.351 e. The molecular weight excluding hydrogens is 354 g/mol. The molecule has 1 N–H and O–H groups in total. The van der Waals surface area contributed by atoms with E-state index in [0.717, 1.165) is 48.2 Å². The van der Waals surface area contributed by atoms with Crippen molar-refractivity contribution in [3.05, 3.63) is 51.5 Å². The van der Waals surface area contributed by atoms with Crippen LogP contribution in [0.4, 0.5) is 0 Å². The van der Waals surface area contributed by atoms with Crippen LogP contribution in [0, 0.1) is 18.8 Å². The zero-order valence-electron chi connectivity index (χ0n) is 16.7. The molecule has 0 aliphatic carbocycles. The molecule has 1 atom stereocenters. The highest BCUT2D eigenvalue weighted by Crippen LogP contribution is 2.22. The number of amides is 1. The fourth-order valence-corrected chi connectivity index (χ4v) is 4.91. The Balaban J connectivity index is 1.50. The van der Waals surface area contributed by atoms with Gasteiger partial charge in [-0.3, -0.25) is 9.69 Å². The van der Waals surface area contributed by atoms with Crippen LogP contribution in [-0.4, -0.2) is 35.4 Å². The number of aromatic nitrogens is 1. The number of piperidine rings is 1. The monoisotopic (exact) mass is 385 g/mol. The molecule has 0 bridgehead atoms. The number of hydrogen-bond acceptors (Lipinski definition) is 4. The summed E-state index contributed by atoms with van der Waals surface area (Å²) in [7, 11) is 0. The van der Waals surface area contributed by atoms with E-state index >= 15 is 0 Å². The fourth-order valence-electron chi connectivity index (χ4n) is 3.72. The van der Waals surface area contributed by atoms with E-state index in [4.69, 9.17) is 0 Å². The van der Waals surface area contributed by atoms with E-state index in [9.17, 15) is 4.79 Å². The second kappa shape index (κ2) is 9.47. The highest BCUT2D eigenvalue weighted by Gasteiger charge is 2.22. The van der Waals surface area contributed by atoms with E-state index in [1.807, 2.05) is 6.92 Å². The zero-order valence-corrected chi connectivity index (χ0v) is 17.5. The summed E-state index contributed by atoms with van der Waals surface area (Å²) in [5, 5.41) is 4.23.